The van der Waals surface area contributed by atoms with E-state index in [9.17, 15) is 8.42 Å². The SMILES string of the molecule is CNCc1c(C)oc(C)c1S(=O)(=O)NCCC1CCOC1. The summed E-state index contributed by atoms with van der Waals surface area (Å²) in [6, 6.07) is 0. The summed E-state index contributed by atoms with van der Waals surface area (Å²) in [5, 5.41) is 2.98. The van der Waals surface area contributed by atoms with E-state index >= 15 is 0 Å². The molecular weight excluding hydrogens is 292 g/mol. The molecule has 7 heteroatoms. The van der Waals surface area contributed by atoms with Crippen molar-refractivity contribution < 1.29 is 17.6 Å². The molecule has 2 heterocycles. The number of nitrogens with one attached hydrogen (secondary N) is 2. The third-order valence-corrected chi connectivity index (χ3v) is 5.47. The first-order valence-corrected chi connectivity index (χ1v) is 8.75. The molecule has 0 aromatic carbocycles. The average Bonchev–Trinajstić information content (AvgIpc) is 2.99. The van der Waals surface area contributed by atoms with Crippen molar-refractivity contribution in [3.63, 3.8) is 0 Å². The van der Waals surface area contributed by atoms with Crippen LogP contribution in [0.25, 0.3) is 0 Å². The predicted octanol–water partition coefficient (Wildman–Crippen LogP) is 1.32. The van der Waals surface area contributed by atoms with Gasteiger partial charge in [0.2, 0.25) is 10.0 Å². The molecule has 21 heavy (non-hydrogen) atoms. The maximum atomic E-state index is 12.5. The largest absolute Gasteiger partial charge is 0.465 e. The molecule has 1 unspecified atom stereocenters. The first-order chi connectivity index (χ1) is 9.95. The number of sulfonamides is 1. The van der Waals surface area contributed by atoms with Crippen LogP contribution in [0.3, 0.4) is 0 Å². The minimum absolute atomic E-state index is 0.275. The topological polar surface area (TPSA) is 80.6 Å². The standard InChI is InChI=1S/C14H24N2O4S/c1-10-13(8-15-3)14(11(2)20-10)21(17,18)16-6-4-12-5-7-19-9-12/h12,15-16H,4-9H2,1-3H3. The second-order valence-electron chi connectivity index (χ2n) is 5.47. The first kappa shape index (κ1) is 16.5. The highest BCUT2D eigenvalue weighted by Gasteiger charge is 2.26. The molecule has 1 aliphatic heterocycles. The number of rotatable bonds is 7. The number of hydrogen-bond donors (Lipinski definition) is 2. The van der Waals surface area contributed by atoms with E-state index in [2.05, 4.69) is 10.0 Å². The highest BCUT2D eigenvalue weighted by molar-refractivity contribution is 7.89. The molecule has 120 valence electrons. The van der Waals surface area contributed by atoms with Gasteiger partial charge in [0, 0.05) is 31.9 Å². The van der Waals surface area contributed by atoms with Crippen LogP contribution in [0.4, 0.5) is 0 Å². The van der Waals surface area contributed by atoms with E-state index < -0.39 is 10.0 Å². The summed E-state index contributed by atoms with van der Waals surface area (Å²) in [6.07, 6.45) is 1.81. The zero-order valence-electron chi connectivity index (χ0n) is 12.9. The molecule has 0 amide bonds. The van der Waals surface area contributed by atoms with E-state index in [4.69, 9.17) is 9.15 Å². The third kappa shape index (κ3) is 3.85. The fourth-order valence-corrected chi connectivity index (χ4v) is 4.21. The Hall–Kier alpha value is -0.890. The molecule has 1 saturated heterocycles. The second kappa shape index (κ2) is 6.91. The first-order valence-electron chi connectivity index (χ1n) is 7.26. The molecule has 1 fully saturated rings. The van der Waals surface area contributed by atoms with Crippen molar-refractivity contribution in [3.8, 4) is 0 Å². The van der Waals surface area contributed by atoms with Gasteiger partial charge in [0.15, 0.2) is 0 Å². The smallest absolute Gasteiger partial charge is 0.244 e. The molecular formula is C14H24N2O4S. The van der Waals surface area contributed by atoms with Crippen LogP contribution >= 0.6 is 0 Å². The number of ether oxygens (including phenoxy) is 1. The van der Waals surface area contributed by atoms with Gasteiger partial charge in [0.05, 0.1) is 0 Å². The maximum Gasteiger partial charge on any atom is 0.244 e. The Kier molecular flexibility index (Phi) is 5.43. The van der Waals surface area contributed by atoms with Crippen LogP contribution in [-0.4, -0.2) is 35.2 Å². The molecule has 1 aliphatic rings. The van der Waals surface area contributed by atoms with Crippen molar-refractivity contribution in [2.45, 2.75) is 38.1 Å². The van der Waals surface area contributed by atoms with Crippen molar-refractivity contribution in [1.29, 1.82) is 0 Å². The van der Waals surface area contributed by atoms with E-state index in [1.165, 1.54) is 0 Å². The summed E-state index contributed by atoms with van der Waals surface area (Å²) in [7, 11) is -1.76. The van der Waals surface area contributed by atoms with Crippen LogP contribution < -0.4 is 10.0 Å². The molecule has 0 bridgehead atoms. The van der Waals surface area contributed by atoms with Crippen molar-refractivity contribution in [2.75, 3.05) is 26.8 Å². The average molecular weight is 316 g/mol. The second-order valence-corrected chi connectivity index (χ2v) is 7.17. The van der Waals surface area contributed by atoms with E-state index in [0.717, 1.165) is 26.1 Å². The Labute approximate surface area is 126 Å². The van der Waals surface area contributed by atoms with Crippen LogP contribution in [0.2, 0.25) is 0 Å². The lowest BCUT2D eigenvalue weighted by molar-refractivity contribution is 0.184. The van der Waals surface area contributed by atoms with E-state index in [-0.39, 0.29) is 4.90 Å². The normalized spacial score (nSPS) is 19.3. The predicted molar refractivity (Wildman–Crippen MR) is 79.7 cm³/mol. The molecule has 2 N–H and O–H groups in total. The minimum Gasteiger partial charge on any atom is -0.465 e. The lowest BCUT2D eigenvalue weighted by atomic mass is 10.1. The summed E-state index contributed by atoms with van der Waals surface area (Å²) < 4.78 is 38.5. The van der Waals surface area contributed by atoms with E-state index in [1.807, 2.05) is 0 Å². The molecule has 1 aromatic heterocycles. The molecule has 1 atom stereocenters. The number of furan rings is 1. The summed E-state index contributed by atoms with van der Waals surface area (Å²) in [6.45, 7) is 5.88. The van der Waals surface area contributed by atoms with Crippen LogP contribution in [0, 0.1) is 19.8 Å². The minimum atomic E-state index is -3.54. The fourth-order valence-electron chi connectivity index (χ4n) is 2.72. The van der Waals surface area contributed by atoms with Crippen molar-refractivity contribution in [3.05, 3.63) is 17.1 Å². The van der Waals surface area contributed by atoms with Gasteiger partial charge in [-0.3, -0.25) is 0 Å². The highest BCUT2D eigenvalue weighted by Crippen LogP contribution is 2.26. The summed E-state index contributed by atoms with van der Waals surface area (Å²) in [4.78, 5) is 0.275. The molecule has 0 spiro atoms. The van der Waals surface area contributed by atoms with Crippen LogP contribution in [0.5, 0.6) is 0 Å². The lowest BCUT2D eigenvalue weighted by Gasteiger charge is -2.10. The molecule has 0 aliphatic carbocycles. The zero-order chi connectivity index (χ0) is 15.5. The Morgan fingerprint density at radius 3 is 2.67 bits per heavy atom. The third-order valence-electron chi connectivity index (χ3n) is 3.82. The molecule has 0 radical (unpaired) electrons. The van der Waals surface area contributed by atoms with Gasteiger partial charge in [0.1, 0.15) is 16.4 Å². The van der Waals surface area contributed by atoms with Gasteiger partial charge in [-0.2, -0.15) is 0 Å². The van der Waals surface area contributed by atoms with Crippen LogP contribution in [0.1, 0.15) is 29.9 Å². The van der Waals surface area contributed by atoms with Gasteiger partial charge in [0.25, 0.3) is 0 Å². The molecule has 0 saturated carbocycles. The number of aryl methyl sites for hydroxylation is 2. The quantitative estimate of drug-likeness (QED) is 0.793. The van der Waals surface area contributed by atoms with Crippen molar-refractivity contribution in [1.82, 2.24) is 10.0 Å². The Bertz CT molecular complexity index is 574. The Morgan fingerprint density at radius 2 is 2.05 bits per heavy atom. The summed E-state index contributed by atoms with van der Waals surface area (Å²) >= 11 is 0. The molecule has 2 rings (SSSR count). The number of hydrogen-bond acceptors (Lipinski definition) is 5. The van der Waals surface area contributed by atoms with Gasteiger partial charge < -0.3 is 14.5 Å². The van der Waals surface area contributed by atoms with Gasteiger partial charge in [-0.1, -0.05) is 0 Å². The van der Waals surface area contributed by atoms with E-state index in [1.54, 1.807) is 20.9 Å². The van der Waals surface area contributed by atoms with Gasteiger partial charge in [-0.25, -0.2) is 13.1 Å². The molecule has 1 aromatic rings. The molecule has 6 nitrogen and oxygen atoms in total. The van der Waals surface area contributed by atoms with E-state index in [0.29, 0.717) is 36.1 Å². The fraction of sp³-hybridized carbons (Fsp3) is 0.714. The van der Waals surface area contributed by atoms with Gasteiger partial charge in [-0.15, -0.1) is 0 Å². The van der Waals surface area contributed by atoms with Crippen LogP contribution in [0.15, 0.2) is 9.31 Å². The van der Waals surface area contributed by atoms with Crippen molar-refractivity contribution >= 4 is 10.0 Å². The van der Waals surface area contributed by atoms with Gasteiger partial charge in [-0.05, 0) is 39.7 Å². The maximum absolute atomic E-state index is 12.5. The van der Waals surface area contributed by atoms with Crippen molar-refractivity contribution in [2.24, 2.45) is 5.92 Å². The Balaban J connectivity index is 2.07. The monoisotopic (exact) mass is 316 g/mol. The zero-order valence-corrected chi connectivity index (χ0v) is 13.7. The summed E-state index contributed by atoms with van der Waals surface area (Å²) in [5.74, 6) is 1.54. The lowest BCUT2D eigenvalue weighted by Crippen LogP contribution is -2.28. The Morgan fingerprint density at radius 1 is 1.29 bits per heavy atom. The summed E-state index contributed by atoms with van der Waals surface area (Å²) in [5.41, 5.74) is 0.701. The van der Waals surface area contributed by atoms with Gasteiger partial charge >= 0.3 is 0 Å². The highest BCUT2D eigenvalue weighted by atomic mass is 32.2. The van der Waals surface area contributed by atoms with Crippen LogP contribution in [-0.2, 0) is 21.3 Å².